The van der Waals surface area contributed by atoms with Crippen molar-refractivity contribution >= 4 is 59.2 Å². The van der Waals surface area contributed by atoms with Gasteiger partial charge >= 0.3 is 51.4 Å². The zero-order chi connectivity index (χ0) is 10.4. The van der Waals surface area contributed by atoms with Crippen LogP contribution < -0.4 is 4.89 Å². The Hall–Kier alpha value is 1.67. The number of rotatable bonds is 2. The molecule has 0 amide bonds. The molecule has 0 atom stereocenters. The third-order valence-corrected chi connectivity index (χ3v) is 0.771. The first kappa shape index (κ1) is 20.1. The fourth-order valence-electron chi connectivity index (χ4n) is 0.300. The van der Waals surface area contributed by atoms with Crippen molar-refractivity contribution in [3.8, 4) is 0 Å². The Morgan fingerprint density at radius 3 is 1.54 bits per heavy atom. The van der Waals surface area contributed by atoms with E-state index in [2.05, 4.69) is 21.1 Å². The van der Waals surface area contributed by atoms with E-state index in [4.69, 9.17) is 24.4 Å². The SMILES string of the molecule is C[N+](C)(C)CCO.O=P([O-])(O)O.[KH]. The van der Waals surface area contributed by atoms with Gasteiger partial charge in [0.05, 0.1) is 27.7 Å². The molecule has 0 spiro atoms. The molecule has 0 aromatic heterocycles. The third-order valence-electron chi connectivity index (χ3n) is 0.771. The Morgan fingerprint density at radius 1 is 1.31 bits per heavy atom. The van der Waals surface area contributed by atoms with Crippen LogP contribution in [-0.4, -0.2) is 105 Å². The Balaban J connectivity index is -0.000000150. The van der Waals surface area contributed by atoms with E-state index in [0.29, 0.717) is 0 Å². The predicted octanol–water partition coefficient (Wildman–Crippen LogP) is -2.52. The van der Waals surface area contributed by atoms with Gasteiger partial charge in [0.2, 0.25) is 0 Å². The van der Waals surface area contributed by atoms with Crippen molar-refractivity contribution in [1.29, 1.82) is 0 Å². The normalized spacial score (nSPS) is 11.0. The van der Waals surface area contributed by atoms with Crippen LogP contribution in [0.3, 0.4) is 0 Å². The van der Waals surface area contributed by atoms with Gasteiger partial charge < -0.3 is 24.3 Å². The molecule has 13 heavy (non-hydrogen) atoms. The quantitative estimate of drug-likeness (QED) is 0.281. The fourth-order valence-corrected chi connectivity index (χ4v) is 0.300. The summed E-state index contributed by atoms with van der Waals surface area (Å²) >= 11 is 0. The Labute approximate surface area is 121 Å². The summed E-state index contributed by atoms with van der Waals surface area (Å²) in [5.74, 6) is 0. The van der Waals surface area contributed by atoms with Gasteiger partial charge in [-0.1, -0.05) is 0 Å². The molecule has 0 heterocycles. The van der Waals surface area contributed by atoms with Crippen LogP contribution in [0.4, 0.5) is 0 Å². The minimum absolute atomic E-state index is 0. The molecule has 0 saturated heterocycles. The maximum absolute atomic E-state index is 8.77. The molecule has 0 rings (SSSR count). The van der Waals surface area contributed by atoms with E-state index < -0.39 is 7.82 Å². The van der Waals surface area contributed by atoms with E-state index in [1.54, 1.807) is 0 Å². The van der Waals surface area contributed by atoms with Crippen molar-refractivity contribution in [2.24, 2.45) is 0 Å². The Kier molecular flexibility index (Phi) is 13.8. The van der Waals surface area contributed by atoms with Crippen molar-refractivity contribution in [3.63, 3.8) is 0 Å². The number of phosphoric acid groups is 1. The topological polar surface area (TPSA) is 101 Å². The monoisotopic (exact) mass is 241 g/mol. The third kappa shape index (κ3) is 57.9. The number of quaternary nitrogens is 1. The van der Waals surface area contributed by atoms with Crippen LogP contribution in [0.1, 0.15) is 0 Å². The van der Waals surface area contributed by atoms with Crippen LogP contribution in [0.25, 0.3) is 0 Å². The summed E-state index contributed by atoms with van der Waals surface area (Å²) in [5, 5.41) is 8.39. The van der Waals surface area contributed by atoms with Crippen LogP contribution in [0.15, 0.2) is 0 Å². The number of hydrogen-bond acceptors (Lipinski definition) is 3. The van der Waals surface area contributed by atoms with Gasteiger partial charge in [-0.3, -0.25) is 4.57 Å². The van der Waals surface area contributed by atoms with E-state index in [1.165, 1.54) is 0 Å². The van der Waals surface area contributed by atoms with Crippen LogP contribution in [0.5, 0.6) is 0 Å². The average molecular weight is 241 g/mol. The van der Waals surface area contributed by atoms with Gasteiger partial charge in [-0.15, -0.1) is 0 Å². The number of aliphatic hydroxyl groups excluding tert-OH is 1. The second kappa shape index (κ2) is 8.93. The van der Waals surface area contributed by atoms with Crippen molar-refractivity contribution in [2.45, 2.75) is 0 Å². The zero-order valence-corrected chi connectivity index (χ0v) is 8.36. The number of likely N-dealkylation sites (N-methyl/N-ethyl adjacent to an activating group) is 1. The first-order valence-corrected chi connectivity index (χ1v) is 4.77. The molecule has 78 valence electrons. The molecule has 0 aliphatic rings. The second-order valence-corrected chi connectivity index (χ2v) is 4.21. The molecular weight excluding hydrogens is 224 g/mol. The molecule has 0 aliphatic carbocycles. The fraction of sp³-hybridized carbons (Fsp3) is 1.00. The van der Waals surface area contributed by atoms with Crippen molar-refractivity contribution in [3.05, 3.63) is 0 Å². The van der Waals surface area contributed by atoms with Gasteiger partial charge in [-0.2, -0.15) is 0 Å². The second-order valence-electron chi connectivity index (χ2n) is 3.23. The summed E-state index contributed by atoms with van der Waals surface area (Å²) in [5.41, 5.74) is 0. The molecule has 0 aromatic rings. The molecule has 8 heteroatoms. The average Bonchev–Trinajstić information content (AvgIpc) is 1.54. The molecule has 6 nitrogen and oxygen atoms in total. The summed E-state index contributed by atoms with van der Waals surface area (Å²) in [7, 11) is 1.27. The summed E-state index contributed by atoms with van der Waals surface area (Å²) < 4.78 is 9.61. The van der Waals surface area contributed by atoms with Crippen molar-refractivity contribution in [1.82, 2.24) is 0 Å². The molecule has 0 radical (unpaired) electrons. The molecule has 0 aromatic carbocycles. The molecule has 0 bridgehead atoms. The summed E-state index contributed by atoms with van der Waals surface area (Å²) in [6.45, 7) is 1.11. The van der Waals surface area contributed by atoms with E-state index in [1.807, 2.05) is 0 Å². The summed E-state index contributed by atoms with van der Waals surface area (Å²) in [6, 6.07) is 0. The van der Waals surface area contributed by atoms with Crippen molar-refractivity contribution in [2.75, 3.05) is 34.3 Å². The Bertz CT molecular complexity index is 145. The number of hydrogen-bond donors (Lipinski definition) is 3. The first-order valence-electron chi connectivity index (χ1n) is 3.24. The van der Waals surface area contributed by atoms with Crippen LogP contribution in [0, 0.1) is 0 Å². The standard InChI is InChI=1S/C5H14NO.K.H3O4P.H/c1-6(2,3)4-5-7;;1-5(2,3)4;/h7H,4-5H2,1-3H3;;(H3,1,2,3,4);/q+1;;;/p-1. The molecule has 0 saturated carbocycles. The van der Waals surface area contributed by atoms with Gasteiger partial charge in [0.1, 0.15) is 6.54 Å². The van der Waals surface area contributed by atoms with Crippen molar-refractivity contribution < 1.29 is 28.8 Å². The van der Waals surface area contributed by atoms with Gasteiger partial charge in [-0.25, -0.2) is 0 Å². The van der Waals surface area contributed by atoms with E-state index in [9.17, 15) is 0 Å². The Morgan fingerprint density at radius 2 is 1.54 bits per heavy atom. The summed E-state index contributed by atoms with van der Waals surface area (Å²) in [4.78, 5) is 22.9. The van der Waals surface area contributed by atoms with Crippen LogP contribution >= 0.6 is 7.82 Å². The van der Waals surface area contributed by atoms with E-state index in [0.717, 1.165) is 11.0 Å². The van der Waals surface area contributed by atoms with Crippen LogP contribution in [-0.2, 0) is 4.57 Å². The molecule has 0 fully saturated rings. The van der Waals surface area contributed by atoms with Gasteiger partial charge in [0, 0.05) is 0 Å². The minimum atomic E-state index is -4.89. The van der Waals surface area contributed by atoms with E-state index >= 15 is 0 Å². The molecule has 0 unspecified atom stereocenters. The number of aliphatic hydroxyl groups is 1. The van der Waals surface area contributed by atoms with Gasteiger partial charge in [0.25, 0.3) is 7.82 Å². The van der Waals surface area contributed by atoms with E-state index in [-0.39, 0.29) is 58.0 Å². The number of nitrogens with zero attached hydrogens (tertiary/aromatic N) is 1. The van der Waals surface area contributed by atoms with Crippen LogP contribution in [0.2, 0.25) is 0 Å². The van der Waals surface area contributed by atoms with Gasteiger partial charge in [-0.05, 0) is 0 Å². The molecule has 0 aliphatic heterocycles. The zero-order valence-electron chi connectivity index (χ0n) is 7.47. The molecular formula is C5H17KNO5P. The summed E-state index contributed by atoms with van der Waals surface area (Å²) in [6.07, 6.45) is 0. The predicted molar refractivity (Wildman–Crippen MR) is 49.2 cm³/mol. The van der Waals surface area contributed by atoms with Gasteiger partial charge in [0.15, 0.2) is 0 Å². The maximum atomic E-state index is 8.77. The molecule has 3 N–H and O–H groups in total. The first-order chi connectivity index (χ1) is 5.06.